The number of rotatable bonds is 7. The number of nitrogens with one attached hydrogen (secondary N) is 1. The molecule has 0 saturated carbocycles. The second kappa shape index (κ2) is 10.2. The first kappa shape index (κ1) is 23.1. The predicted octanol–water partition coefficient (Wildman–Crippen LogP) is 5.62. The first-order chi connectivity index (χ1) is 16.0. The Morgan fingerprint density at radius 2 is 1.79 bits per heavy atom. The number of aromatic nitrogens is 3. The van der Waals surface area contributed by atoms with Gasteiger partial charge in [0, 0.05) is 46.5 Å². The second-order valence-corrected chi connectivity index (χ2v) is 8.56. The standard InChI is InChI=1S/C26H24Cl2N4O/c1-17-20(14-21-22(27)5-2-6-23(21)28)25(33)11-13-32(17)12-3-4-18-7-9-19(10-8-18)24-16-30-26(15-29)31-24/h2-11,13,16H,12,14-15,29H2,1H3,(H,30,31)/b4-3+. The second-order valence-electron chi connectivity index (χ2n) is 7.75. The minimum absolute atomic E-state index is 0.0177. The van der Waals surface area contributed by atoms with Crippen LogP contribution in [0.15, 0.2) is 71.8 Å². The van der Waals surface area contributed by atoms with E-state index in [2.05, 4.69) is 34.3 Å². The molecule has 0 atom stereocenters. The number of nitrogens with zero attached hydrogens (tertiary/aromatic N) is 2. The van der Waals surface area contributed by atoms with E-state index in [-0.39, 0.29) is 5.43 Å². The maximum Gasteiger partial charge on any atom is 0.185 e. The Morgan fingerprint density at radius 3 is 2.45 bits per heavy atom. The number of aromatic amines is 1. The van der Waals surface area contributed by atoms with E-state index in [1.165, 1.54) is 0 Å². The fourth-order valence-corrected chi connectivity index (χ4v) is 4.23. The number of hydrogen-bond donors (Lipinski definition) is 2. The van der Waals surface area contributed by atoms with Crippen LogP contribution in [0.1, 0.15) is 28.2 Å². The van der Waals surface area contributed by atoms with E-state index in [4.69, 9.17) is 28.9 Å². The number of nitrogens with two attached hydrogens (primary N) is 1. The third-order valence-electron chi connectivity index (χ3n) is 5.64. The molecule has 0 spiro atoms. The van der Waals surface area contributed by atoms with Crippen LogP contribution in [0.25, 0.3) is 17.3 Å². The van der Waals surface area contributed by atoms with Gasteiger partial charge in [-0.3, -0.25) is 4.79 Å². The van der Waals surface area contributed by atoms with E-state index in [0.717, 1.165) is 33.9 Å². The average molecular weight is 479 g/mol. The van der Waals surface area contributed by atoms with E-state index in [1.807, 2.05) is 29.8 Å². The molecule has 0 unspecified atom stereocenters. The zero-order chi connectivity index (χ0) is 23.4. The number of allylic oxidation sites excluding steroid dienone is 1. The van der Waals surface area contributed by atoms with Crippen molar-refractivity contribution in [3.05, 3.63) is 115 Å². The molecule has 7 heteroatoms. The van der Waals surface area contributed by atoms with E-state index in [1.54, 1.807) is 30.5 Å². The van der Waals surface area contributed by atoms with E-state index < -0.39 is 0 Å². The number of halogens is 2. The van der Waals surface area contributed by atoms with Crippen molar-refractivity contribution in [3.63, 3.8) is 0 Å². The van der Waals surface area contributed by atoms with Crippen LogP contribution in [-0.2, 0) is 19.5 Å². The fraction of sp³-hybridized carbons (Fsp3) is 0.154. The number of H-pyrrole nitrogens is 1. The van der Waals surface area contributed by atoms with Crippen molar-refractivity contribution in [3.8, 4) is 11.3 Å². The fourth-order valence-electron chi connectivity index (χ4n) is 3.70. The Hall–Kier alpha value is -3.12. The largest absolute Gasteiger partial charge is 0.347 e. The summed E-state index contributed by atoms with van der Waals surface area (Å²) in [5.74, 6) is 0.765. The minimum Gasteiger partial charge on any atom is -0.347 e. The van der Waals surface area contributed by atoms with Gasteiger partial charge >= 0.3 is 0 Å². The Balaban J connectivity index is 1.49. The van der Waals surface area contributed by atoms with Crippen LogP contribution in [0.4, 0.5) is 0 Å². The van der Waals surface area contributed by atoms with Gasteiger partial charge in [-0.25, -0.2) is 4.98 Å². The van der Waals surface area contributed by atoms with Crippen molar-refractivity contribution < 1.29 is 0 Å². The summed E-state index contributed by atoms with van der Waals surface area (Å²) in [5.41, 5.74) is 11.0. The van der Waals surface area contributed by atoms with Crippen molar-refractivity contribution in [2.75, 3.05) is 0 Å². The minimum atomic E-state index is -0.0177. The molecule has 0 fully saturated rings. The molecule has 0 saturated heterocycles. The lowest BCUT2D eigenvalue weighted by Gasteiger charge is -2.14. The maximum absolute atomic E-state index is 12.6. The monoisotopic (exact) mass is 478 g/mol. The lowest BCUT2D eigenvalue weighted by atomic mass is 10.0. The molecular formula is C26H24Cl2N4O. The SMILES string of the molecule is Cc1c(Cc2c(Cl)cccc2Cl)c(=O)ccn1C/C=C/c1ccc(-c2cnc(CN)[nH]2)cc1. The molecule has 4 rings (SSSR count). The van der Waals surface area contributed by atoms with E-state index >= 15 is 0 Å². The van der Waals surface area contributed by atoms with E-state index in [9.17, 15) is 4.79 Å². The molecule has 2 heterocycles. The van der Waals surface area contributed by atoms with Crippen LogP contribution in [-0.4, -0.2) is 14.5 Å². The summed E-state index contributed by atoms with van der Waals surface area (Å²) >= 11 is 12.6. The Labute approximate surface area is 202 Å². The average Bonchev–Trinajstić information content (AvgIpc) is 3.30. The quantitative estimate of drug-likeness (QED) is 0.362. The zero-order valence-corrected chi connectivity index (χ0v) is 19.7. The van der Waals surface area contributed by atoms with Crippen LogP contribution >= 0.6 is 23.2 Å². The van der Waals surface area contributed by atoms with Crippen molar-refractivity contribution in [1.29, 1.82) is 0 Å². The van der Waals surface area contributed by atoms with Crippen molar-refractivity contribution in [1.82, 2.24) is 14.5 Å². The smallest absolute Gasteiger partial charge is 0.185 e. The van der Waals surface area contributed by atoms with Gasteiger partial charge in [0.25, 0.3) is 0 Å². The molecule has 2 aromatic heterocycles. The van der Waals surface area contributed by atoms with Crippen molar-refractivity contribution >= 4 is 29.3 Å². The van der Waals surface area contributed by atoms with Crippen LogP contribution < -0.4 is 11.2 Å². The van der Waals surface area contributed by atoms with Gasteiger partial charge in [0.2, 0.25) is 0 Å². The lowest BCUT2D eigenvalue weighted by Crippen LogP contribution is -2.17. The topological polar surface area (TPSA) is 76.7 Å². The van der Waals surface area contributed by atoms with Gasteiger partial charge in [-0.1, -0.05) is 65.7 Å². The van der Waals surface area contributed by atoms with Gasteiger partial charge in [0.15, 0.2) is 5.43 Å². The molecular weight excluding hydrogens is 455 g/mol. The molecule has 0 aliphatic heterocycles. The summed E-state index contributed by atoms with van der Waals surface area (Å²) in [6.45, 7) is 2.97. The van der Waals surface area contributed by atoms with Gasteiger partial charge < -0.3 is 15.3 Å². The summed E-state index contributed by atoms with van der Waals surface area (Å²) in [6, 6.07) is 15.2. The molecule has 168 valence electrons. The molecule has 0 radical (unpaired) electrons. The normalized spacial score (nSPS) is 11.4. The third-order valence-corrected chi connectivity index (χ3v) is 6.35. The summed E-state index contributed by atoms with van der Waals surface area (Å²) in [7, 11) is 0. The molecule has 0 amide bonds. The third kappa shape index (κ3) is 5.28. The highest BCUT2D eigenvalue weighted by atomic mass is 35.5. The van der Waals surface area contributed by atoms with Gasteiger partial charge in [0.1, 0.15) is 5.82 Å². The Morgan fingerprint density at radius 1 is 1.06 bits per heavy atom. The number of imidazole rings is 1. The van der Waals surface area contributed by atoms with Crippen LogP contribution in [0.3, 0.4) is 0 Å². The number of pyridine rings is 1. The summed E-state index contributed by atoms with van der Waals surface area (Å²) in [6.07, 6.45) is 8.13. The van der Waals surface area contributed by atoms with E-state index in [0.29, 0.717) is 35.1 Å². The van der Waals surface area contributed by atoms with Crippen molar-refractivity contribution in [2.24, 2.45) is 5.73 Å². The summed E-state index contributed by atoms with van der Waals surface area (Å²) in [5, 5.41) is 1.13. The van der Waals surface area contributed by atoms with Gasteiger partial charge in [-0.2, -0.15) is 0 Å². The molecule has 33 heavy (non-hydrogen) atoms. The zero-order valence-electron chi connectivity index (χ0n) is 18.2. The first-order valence-corrected chi connectivity index (χ1v) is 11.3. The van der Waals surface area contributed by atoms with Crippen LogP contribution in [0.2, 0.25) is 10.0 Å². The molecule has 0 bridgehead atoms. The maximum atomic E-state index is 12.6. The lowest BCUT2D eigenvalue weighted by molar-refractivity contribution is 0.763. The summed E-state index contributed by atoms with van der Waals surface area (Å²) < 4.78 is 2.05. The highest BCUT2D eigenvalue weighted by Gasteiger charge is 2.12. The molecule has 3 N–H and O–H groups in total. The molecule has 2 aromatic carbocycles. The molecule has 5 nitrogen and oxygen atoms in total. The molecule has 0 aliphatic rings. The highest BCUT2D eigenvalue weighted by Crippen LogP contribution is 2.27. The highest BCUT2D eigenvalue weighted by molar-refractivity contribution is 6.36. The predicted molar refractivity (Wildman–Crippen MR) is 136 cm³/mol. The summed E-state index contributed by atoms with van der Waals surface area (Å²) in [4.78, 5) is 20.0. The molecule has 0 aliphatic carbocycles. The van der Waals surface area contributed by atoms with Crippen molar-refractivity contribution in [2.45, 2.75) is 26.4 Å². The Kier molecular flexibility index (Phi) is 7.14. The first-order valence-electron chi connectivity index (χ1n) is 10.6. The van der Waals surface area contributed by atoms with Gasteiger partial charge in [-0.05, 0) is 35.7 Å². The number of hydrogen-bond acceptors (Lipinski definition) is 3. The van der Waals surface area contributed by atoms with Gasteiger partial charge in [0.05, 0.1) is 18.4 Å². The Bertz CT molecular complexity index is 1330. The van der Waals surface area contributed by atoms with Gasteiger partial charge in [-0.15, -0.1) is 0 Å². The van der Waals surface area contributed by atoms with Crippen LogP contribution in [0.5, 0.6) is 0 Å². The van der Waals surface area contributed by atoms with Crippen LogP contribution in [0, 0.1) is 6.92 Å². The number of benzene rings is 2. The molecule has 4 aromatic rings.